The molecular weight excluding hydrogens is 353 g/mol. The molecule has 1 N–H and O–H groups in total. The Morgan fingerprint density at radius 2 is 1.92 bits per heavy atom. The molecule has 10 heteroatoms. The Bertz CT molecular complexity index is 578. The molecule has 1 amide bonds. The molecule has 1 aliphatic rings. The van der Waals surface area contributed by atoms with E-state index in [1.165, 1.54) is 0 Å². The summed E-state index contributed by atoms with van der Waals surface area (Å²) in [6.45, 7) is -3.24. The van der Waals surface area contributed by atoms with Gasteiger partial charge in [-0.3, -0.25) is 0 Å². The molecule has 0 aromatic heterocycles. The molecule has 0 saturated carbocycles. The summed E-state index contributed by atoms with van der Waals surface area (Å²) in [4.78, 5) is 12.3. The van der Waals surface area contributed by atoms with Crippen LogP contribution in [-0.2, 0) is 10.9 Å². The van der Waals surface area contributed by atoms with E-state index in [1.807, 2.05) is 0 Å². The highest BCUT2D eigenvalue weighted by molar-refractivity contribution is 5.66. The lowest BCUT2D eigenvalue weighted by Crippen LogP contribution is -2.35. The van der Waals surface area contributed by atoms with Gasteiger partial charge in [0.1, 0.15) is 11.9 Å². The largest absolute Gasteiger partial charge is 0.489 e. The van der Waals surface area contributed by atoms with Gasteiger partial charge in [-0.1, -0.05) is 0 Å². The summed E-state index contributed by atoms with van der Waals surface area (Å²) in [6, 6.07) is 3.48. The van der Waals surface area contributed by atoms with Gasteiger partial charge in [-0.05, 0) is 30.7 Å². The van der Waals surface area contributed by atoms with E-state index in [0.29, 0.717) is 0 Å². The molecule has 0 bridgehead atoms. The molecule has 140 valence electrons. The number of alkyl halides is 5. The van der Waals surface area contributed by atoms with Crippen LogP contribution in [0.3, 0.4) is 0 Å². The lowest BCUT2D eigenvalue weighted by molar-refractivity contribution is -0.137. The molecule has 25 heavy (non-hydrogen) atoms. The minimum Gasteiger partial charge on any atom is -0.489 e. The Morgan fingerprint density at radius 1 is 1.28 bits per heavy atom. The van der Waals surface area contributed by atoms with Crippen molar-refractivity contribution in [2.24, 2.45) is 0 Å². The number of hydrogen-bond acceptors (Lipinski definition) is 3. The number of carbonyl (C=O) groups is 1. The summed E-state index contributed by atoms with van der Waals surface area (Å²) in [5, 5.41) is 9.16. The highest BCUT2D eigenvalue weighted by atomic mass is 19.4. The van der Waals surface area contributed by atoms with Crippen molar-refractivity contribution in [2.45, 2.75) is 37.8 Å². The van der Waals surface area contributed by atoms with Crippen LogP contribution in [0.1, 0.15) is 18.4 Å². The van der Waals surface area contributed by atoms with Gasteiger partial charge in [0, 0.05) is 12.5 Å². The van der Waals surface area contributed by atoms with Crippen LogP contribution >= 0.6 is 0 Å². The van der Waals surface area contributed by atoms with E-state index in [1.54, 1.807) is 0 Å². The van der Waals surface area contributed by atoms with Gasteiger partial charge in [0.05, 0.1) is 18.7 Å². The Hall–Kier alpha value is -2.10. The van der Waals surface area contributed by atoms with Crippen molar-refractivity contribution in [1.82, 2.24) is 4.90 Å². The van der Waals surface area contributed by atoms with E-state index in [-0.39, 0.29) is 31.7 Å². The first-order chi connectivity index (χ1) is 11.7. The number of hydrogen-bond donors (Lipinski definition) is 1. The van der Waals surface area contributed by atoms with Gasteiger partial charge in [-0.25, -0.2) is 4.79 Å². The molecule has 1 aromatic carbocycles. The highest BCUT2D eigenvalue weighted by Crippen LogP contribution is 2.31. The summed E-state index contributed by atoms with van der Waals surface area (Å²) in [5.41, 5.74) is -0.819. The maximum atomic E-state index is 12.5. The molecular formula is C15H16F5NO4. The van der Waals surface area contributed by atoms with Gasteiger partial charge in [-0.2, -0.15) is 22.0 Å². The van der Waals surface area contributed by atoms with Gasteiger partial charge in [0.15, 0.2) is 0 Å². The fraction of sp³-hybridized carbons (Fsp3) is 0.533. The Balaban J connectivity index is 1.95. The molecule has 1 fully saturated rings. The molecule has 1 saturated heterocycles. The fourth-order valence-electron chi connectivity index (χ4n) is 2.68. The number of carboxylic acid groups (broad SMARTS) is 1. The summed E-state index contributed by atoms with van der Waals surface area (Å²) >= 11 is 0. The standard InChI is InChI=1S/C15H16F5NO4/c16-13(17)24-6-5-10-7-12(8-21(10)14(22)23)25-11-3-1-9(2-4-11)15(18,19)20/h1-4,10,12-13H,5-8H2,(H,22,23)/t10-,12+/m1/s1. The molecule has 0 spiro atoms. The zero-order valence-electron chi connectivity index (χ0n) is 12.9. The van der Waals surface area contributed by atoms with Crippen LogP contribution < -0.4 is 4.74 Å². The maximum absolute atomic E-state index is 12.5. The first-order valence-corrected chi connectivity index (χ1v) is 7.40. The highest BCUT2D eigenvalue weighted by Gasteiger charge is 2.36. The molecule has 0 aliphatic carbocycles. The SMILES string of the molecule is O=C(O)N1C[C@@H](Oc2ccc(C(F)(F)F)cc2)C[C@H]1CCOC(F)F. The van der Waals surface area contributed by atoms with Crippen LogP contribution in [0.4, 0.5) is 26.7 Å². The van der Waals surface area contributed by atoms with Gasteiger partial charge in [0.25, 0.3) is 0 Å². The van der Waals surface area contributed by atoms with Gasteiger partial charge in [-0.15, -0.1) is 0 Å². The van der Waals surface area contributed by atoms with Crippen molar-refractivity contribution < 1.29 is 41.3 Å². The summed E-state index contributed by atoms with van der Waals surface area (Å²) < 4.78 is 71.2. The normalized spacial score (nSPS) is 21.0. The minimum atomic E-state index is -4.46. The molecule has 2 atom stereocenters. The Kier molecular flexibility index (Phi) is 6.04. The monoisotopic (exact) mass is 369 g/mol. The first-order valence-electron chi connectivity index (χ1n) is 7.40. The van der Waals surface area contributed by atoms with Crippen LogP contribution in [0.5, 0.6) is 5.75 Å². The van der Waals surface area contributed by atoms with Crippen LogP contribution in [-0.4, -0.2) is 48.0 Å². The first kappa shape index (κ1) is 19.2. The van der Waals surface area contributed by atoms with E-state index in [0.717, 1.165) is 29.2 Å². The topological polar surface area (TPSA) is 59.0 Å². The van der Waals surface area contributed by atoms with Crippen molar-refractivity contribution in [3.8, 4) is 5.75 Å². The number of halogens is 5. The predicted molar refractivity (Wildman–Crippen MR) is 75.6 cm³/mol. The van der Waals surface area contributed by atoms with Crippen molar-refractivity contribution in [1.29, 1.82) is 0 Å². The van der Waals surface area contributed by atoms with Crippen LogP contribution in [0.25, 0.3) is 0 Å². The smallest absolute Gasteiger partial charge is 0.416 e. The molecule has 2 rings (SSSR count). The van der Waals surface area contributed by atoms with Crippen molar-refractivity contribution >= 4 is 6.09 Å². The lowest BCUT2D eigenvalue weighted by Gasteiger charge is -2.20. The molecule has 1 aliphatic heterocycles. The third-order valence-electron chi connectivity index (χ3n) is 3.80. The quantitative estimate of drug-likeness (QED) is 0.775. The van der Waals surface area contributed by atoms with E-state index in [2.05, 4.69) is 4.74 Å². The predicted octanol–water partition coefficient (Wildman–Crippen LogP) is 3.83. The molecule has 0 radical (unpaired) electrons. The zero-order chi connectivity index (χ0) is 18.6. The van der Waals surface area contributed by atoms with E-state index < -0.39 is 36.6 Å². The third-order valence-corrected chi connectivity index (χ3v) is 3.80. The van der Waals surface area contributed by atoms with E-state index in [9.17, 15) is 26.7 Å². The zero-order valence-corrected chi connectivity index (χ0v) is 12.9. The van der Waals surface area contributed by atoms with Crippen molar-refractivity contribution in [3.05, 3.63) is 29.8 Å². The van der Waals surface area contributed by atoms with E-state index in [4.69, 9.17) is 9.84 Å². The molecule has 1 aromatic rings. The molecule has 1 heterocycles. The van der Waals surface area contributed by atoms with Crippen molar-refractivity contribution in [3.63, 3.8) is 0 Å². The Labute approximate surface area is 139 Å². The molecule has 5 nitrogen and oxygen atoms in total. The lowest BCUT2D eigenvalue weighted by atomic mass is 10.1. The number of benzene rings is 1. The number of nitrogens with zero attached hydrogens (tertiary/aromatic N) is 1. The minimum absolute atomic E-state index is 0.00427. The average Bonchev–Trinajstić information content (AvgIpc) is 2.89. The average molecular weight is 369 g/mol. The third kappa shape index (κ3) is 5.45. The Morgan fingerprint density at radius 3 is 2.44 bits per heavy atom. The maximum Gasteiger partial charge on any atom is 0.416 e. The van der Waals surface area contributed by atoms with Gasteiger partial charge in [0.2, 0.25) is 0 Å². The second kappa shape index (κ2) is 7.85. The summed E-state index contributed by atoms with van der Waals surface area (Å²) in [5.74, 6) is 0.174. The number of rotatable bonds is 6. The fourth-order valence-corrected chi connectivity index (χ4v) is 2.68. The van der Waals surface area contributed by atoms with Gasteiger partial charge >= 0.3 is 18.9 Å². The van der Waals surface area contributed by atoms with E-state index >= 15 is 0 Å². The summed E-state index contributed by atoms with van der Waals surface area (Å²) in [6.07, 6.45) is -5.95. The summed E-state index contributed by atoms with van der Waals surface area (Å²) in [7, 11) is 0. The van der Waals surface area contributed by atoms with Crippen LogP contribution in [0.2, 0.25) is 0 Å². The number of ether oxygens (including phenoxy) is 2. The van der Waals surface area contributed by atoms with Gasteiger partial charge < -0.3 is 19.5 Å². The second-order valence-electron chi connectivity index (χ2n) is 5.51. The van der Waals surface area contributed by atoms with Crippen molar-refractivity contribution in [2.75, 3.05) is 13.2 Å². The molecule has 0 unspecified atom stereocenters. The van der Waals surface area contributed by atoms with Crippen LogP contribution in [0, 0.1) is 0 Å². The second-order valence-corrected chi connectivity index (χ2v) is 5.51. The van der Waals surface area contributed by atoms with Crippen LogP contribution in [0.15, 0.2) is 24.3 Å². The number of likely N-dealkylation sites (tertiary alicyclic amines) is 1. The number of amides is 1.